The molecule has 0 bridgehead atoms. The SMILES string of the molecule is CCCCCCCCC(O)c1ccccc1OCCOC. The van der Waals surface area contributed by atoms with Crippen LogP contribution >= 0.6 is 0 Å². The van der Waals surface area contributed by atoms with E-state index in [1.165, 1.54) is 32.1 Å². The Kier molecular flexibility index (Phi) is 9.92. The molecule has 3 nitrogen and oxygen atoms in total. The standard InChI is InChI=1S/C18H30O3/c1-3-4-5-6-7-8-12-17(19)16-11-9-10-13-18(16)21-15-14-20-2/h9-11,13,17,19H,3-8,12,14-15H2,1-2H3. The van der Waals surface area contributed by atoms with Crippen molar-refractivity contribution in [2.75, 3.05) is 20.3 Å². The molecule has 3 heteroatoms. The number of hydrogen-bond acceptors (Lipinski definition) is 3. The van der Waals surface area contributed by atoms with Crippen LogP contribution in [-0.4, -0.2) is 25.4 Å². The molecular weight excluding hydrogens is 264 g/mol. The van der Waals surface area contributed by atoms with Gasteiger partial charge in [0.15, 0.2) is 0 Å². The molecule has 0 heterocycles. The van der Waals surface area contributed by atoms with Crippen LogP contribution in [0, 0.1) is 0 Å². The molecular formula is C18H30O3. The molecule has 0 spiro atoms. The average molecular weight is 294 g/mol. The maximum Gasteiger partial charge on any atom is 0.125 e. The molecule has 0 aliphatic heterocycles. The van der Waals surface area contributed by atoms with Gasteiger partial charge in [0.2, 0.25) is 0 Å². The summed E-state index contributed by atoms with van der Waals surface area (Å²) in [6, 6.07) is 7.74. The first-order valence-corrected chi connectivity index (χ1v) is 8.18. The average Bonchev–Trinajstić information content (AvgIpc) is 2.51. The highest BCUT2D eigenvalue weighted by Crippen LogP contribution is 2.28. The quantitative estimate of drug-likeness (QED) is 0.577. The highest BCUT2D eigenvalue weighted by Gasteiger charge is 2.12. The van der Waals surface area contributed by atoms with Crippen LogP contribution in [0.4, 0.5) is 0 Å². The fourth-order valence-electron chi connectivity index (χ4n) is 2.40. The van der Waals surface area contributed by atoms with E-state index in [0.717, 1.165) is 24.2 Å². The highest BCUT2D eigenvalue weighted by molar-refractivity contribution is 5.35. The van der Waals surface area contributed by atoms with Crippen LogP contribution in [0.25, 0.3) is 0 Å². The van der Waals surface area contributed by atoms with Gasteiger partial charge < -0.3 is 14.6 Å². The van der Waals surface area contributed by atoms with Crippen molar-refractivity contribution in [3.8, 4) is 5.75 Å². The molecule has 1 N–H and O–H groups in total. The van der Waals surface area contributed by atoms with Gasteiger partial charge in [-0.15, -0.1) is 0 Å². The lowest BCUT2D eigenvalue weighted by Crippen LogP contribution is -2.07. The summed E-state index contributed by atoms with van der Waals surface area (Å²) in [5.41, 5.74) is 0.891. The third kappa shape index (κ3) is 7.49. The lowest BCUT2D eigenvalue weighted by molar-refractivity contribution is 0.135. The molecule has 1 atom stereocenters. The molecule has 0 aliphatic rings. The van der Waals surface area contributed by atoms with E-state index in [0.29, 0.717) is 13.2 Å². The van der Waals surface area contributed by atoms with Crippen LogP contribution in [0.3, 0.4) is 0 Å². The molecule has 0 aromatic heterocycles. The summed E-state index contributed by atoms with van der Waals surface area (Å²) in [5.74, 6) is 0.771. The Balaban J connectivity index is 2.36. The minimum absolute atomic E-state index is 0.435. The van der Waals surface area contributed by atoms with Crippen molar-refractivity contribution in [1.29, 1.82) is 0 Å². The van der Waals surface area contributed by atoms with Crippen LogP contribution in [0.15, 0.2) is 24.3 Å². The first-order valence-electron chi connectivity index (χ1n) is 8.18. The van der Waals surface area contributed by atoms with Gasteiger partial charge >= 0.3 is 0 Å². The molecule has 0 saturated heterocycles. The Morgan fingerprint density at radius 1 is 1.00 bits per heavy atom. The van der Waals surface area contributed by atoms with Crippen molar-refractivity contribution in [2.24, 2.45) is 0 Å². The molecule has 1 aromatic carbocycles. The number of methoxy groups -OCH3 is 1. The first kappa shape index (κ1) is 18.0. The molecule has 0 amide bonds. The molecule has 120 valence electrons. The first-order chi connectivity index (χ1) is 10.3. The Bertz CT molecular complexity index is 365. The van der Waals surface area contributed by atoms with E-state index in [4.69, 9.17) is 9.47 Å². The topological polar surface area (TPSA) is 38.7 Å². The van der Waals surface area contributed by atoms with Gasteiger partial charge in [-0.2, -0.15) is 0 Å². The summed E-state index contributed by atoms with van der Waals surface area (Å²) in [7, 11) is 1.66. The number of ether oxygens (including phenoxy) is 2. The van der Waals surface area contributed by atoms with Gasteiger partial charge in [-0.3, -0.25) is 0 Å². The number of para-hydroxylation sites is 1. The molecule has 0 radical (unpaired) electrons. The fourth-order valence-corrected chi connectivity index (χ4v) is 2.40. The maximum atomic E-state index is 10.3. The summed E-state index contributed by atoms with van der Waals surface area (Å²) in [5, 5.41) is 10.3. The second kappa shape index (κ2) is 11.6. The predicted molar refractivity (Wildman–Crippen MR) is 86.8 cm³/mol. The van der Waals surface area contributed by atoms with Gasteiger partial charge in [0.1, 0.15) is 12.4 Å². The molecule has 0 fully saturated rings. The minimum Gasteiger partial charge on any atom is -0.491 e. The van der Waals surface area contributed by atoms with Gasteiger partial charge in [0, 0.05) is 12.7 Å². The number of aliphatic hydroxyl groups excluding tert-OH is 1. The Morgan fingerprint density at radius 3 is 2.48 bits per heavy atom. The summed E-state index contributed by atoms with van der Waals surface area (Å²) in [4.78, 5) is 0. The molecule has 21 heavy (non-hydrogen) atoms. The number of hydrogen-bond donors (Lipinski definition) is 1. The second-order valence-electron chi connectivity index (χ2n) is 5.45. The van der Waals surface area contributed by atoms with Crippen molar-refractivity contribution < 1.29 is 14.6 Å². The minimum atomic E-state index is -0.435. The molecule has 0 saturated carbocycles. The second-order valence-corrected chi connectivity index (χ2v) is 5.45. The van der Waals surface area contributed by atoms with Crippen LogP contribution < -0.4 is 4.74 Å². The van der Waals surface area contributed by atoms with E-state index in [2.05, 4.69) is 6.92 Å². The number of aliphatic hydroxyl groups is 1. The van der Waals surface area contributed by atoms with Gasteiger partial charge in [-0.1, -0.05) is 63.6 Å². The molecule has 0 aliphatic carbocycles. The third-order valence-electron chi connectivity index (χ3n) is 3.65. The lowest BCUT2D eigenvalue weighted by Gasteiger charge is -2.16. The summed E-state index contributed by atoms with van der Waals surface area (Å²) < 4.78 is 10.7. The Morgan fingerprint density at radius 2 is 1.71 bits per heavy atom. The molecule has 1 aromatic rings. The fraction of sp³-hybridized carbons (Fsp3) is 0.667. The van der Waals surface area contributed by atoms with E-state index in [1.807, 2.05) is 24.3 Å². The largest absolute Gasteiger partial charge is 0.491 e. The predicted octanol–water partition coefficient (Wildman–Crippen LogP) is 4.50. The number of benzene rings is 1. The van der Waals surface area contributed by atoms with Crippen molar-refractivity contribution in [3.63, 3.8) is 0 Å². The van der Waals surface area contributed by atoms with Crippen molar-refractivity contribution in [1.82, 2.24) is 0 Å². The number of unbranched alkanes of at least 4 members (excludes halogenated alkanes) is 5. The summed E-state index contributed by atoms with van der Waals surface area (Å²) in [6.45, 7) is 3.30. The van der Waals surface area contributed by atoms with Crippen molar-refractivity contribution >= 4 is 0 Å². The van der Waals surface area contributed by atoms with E-state index in [1.54, 1.807) is 7.11 Å². The van der Waals surface area contributed by atoms with Crippen LogP contribution in [0.5, 0.6) is 5.75 Å². The number of rotatable bonds is 12. The van der Waals surface area contributed by atoms with E-state index in [9.17, 15) is 5.11 Å². The van der Waals surface area contributed by atoms with Crippen molar-refractivity contribution in [3.05, 3.63) is 29.8 Å². The lowest BCUT2D eigenvalue weighted by atomic mass is 10.0. The summed E-state index contributed by atoms with van der Waals surface area (Å²) >= 11 is 0. The zero-order chi connectivity index (χ0) is 15.3. The van der Waals surface area contributed by atoms with Crippen LogP contribution in [-0.2, 0) is 4.74 Å². The van der Waals surface area contributed by atoms with E-state index < -0.39 is 6.10 Å². The van der Waals surface area contributed by atoms with E-state index in [-0.39, 0.29) is 0 Å². The van der Waals surface area contributed by atoms with E-state index >= 15 is 0 Å². The molecule has 1 rings (SSSR count). The third-order valence-corrected chi connectivity index (χ3v) is 3.65. The Labute approximate surface area is 129 Å². The van der Waals surface area contributed by atoms with Crippen LogP contribution in [0.1, 0.15) is 63.5 Å². The van der Waals surface area contributed by atoms with Crippen molar-refractivity contribution in [2.45, 2.75) is 58.0 Å². The zero-order valence-electron chi connectivity index (χ0n) is 13.5. The molecule has 1 unspecified atom stereocenters. The normalized spacial score (nSPS) is 12.3. The maximum absolute atomic E-state index is 10.3. The highest BCUT2D eigenvalue weighted by atomic mass is 16.5. The Hall–Kier alpha value is -1.06. The smallest absolute Gasteiger partial charge is 0.125 e. The van der Waals surface area contributed by atoms with Gasteiger partial charge in [0.25, 0.3) is 0 Å². The monoisotopic (exact) mass is 294 g/mol. The van der Waals surface area contributed by atoms with Gasteiger partial charge in [-0.05, 0) is 12.5 Å². The van der Waals surface area contributed by atoms with Gasteiger partial charge in [0.05, 0.1) is 12.7 Å². The zero-order valence-corrected chi connectivity index (χ0v) is 13.5. The van der Waals surface area contributed by atoms with Gasteiger partial charge in [-0.25, -0.2) is 0 Å². The summed E-state index contributed by atoms with van der Waals surface area (Å²) in [6.07, 6.45) is 7.80. The van der Waals surface area contributed by atoms with Crippen LogP contribution in [0.2, 0.25) is 0 Å².